The summed E-state index contributed by atoms with van der Waals surface area (Å²) in [7, 11) is 2.87. The van der Waals surface area contributed by atoms with E-state index in [0.717, 1.165) is 6.42 Å². The minimum Gasteiger partial charge on any atom is -0.507 e. The van der Waals surface area contributed by atoms with Crippen molar-refractivity contribution in [2.75, 3.05) is 19.5 Å². The lowest BCUT2D eigenvalue weighted by Gasteiger charge is -2.43. The van der Waals surface area contributed by atoms with Crippen LogP contribution in [-0.4, -0.2) is 53.4 Å². The van der Waals surface area contributed by atoms with Crippen LogP contribution in [0.25, 0.3) is 6.08 Å². The van der Waals surface area contributed by atoms with Crippen LogP contribution in [0.15, 0.2) is 42.5 Å². The molecule has 2 aliphatic rings. The van der Waals surface area contributed by atoms with E-state index in [2.05, 4.69) is 5.32 Å². The summed E-state index contributed by atoms with van der Waals surface area (Å²) >= 11 is 0. The van der Waals surface area contributed by atoms with Gasteiger partial charge in [-0.1, -0.05) is 38.1 Å². The summed E-state index contributed by atoms with van der Waals surface area (Å²) in [6.45, 7) is 5.79. The van der Waals surface area contributed by atoms with Crippen LogP contribution in [0.3, 0.4) is 0 Å². The third-order valence-electron chi connectivity index (χ3n) is 7.16. The summed E-state index contributed by atoms with van der Waals surface area (Å²) in [6.07, 6.45) is 2.74. The molecule has 8 nitrogen and oxygen atoms in total. The lowest BCUT2D eigenvalue weighted by atomic mass is 9.76. The Balaban J connectivity index is 1.78. The van der Waals surface area contributed by atoms with Crippen molar-refractivity contribution < 1.29 is 34.3 Å². The Morgan fingerprint density at radius 1 is 1.09 bits per heavy atom. The second kappa shape index (κ2) is 8.95. The van der Waals surface area contributed by atoms with Gasteiger partial charge in [-0.05, 0) is 49.6 Å². The van der Waals surface area contributed by atoms with Gasteiger partial charge in [-0.15, -0.1) is 0 Å². The van der Waals surface area contributed by atoms with Gasteiger partial charge in [-0.25, -0.2) is 0 Å². The monoisotopic (exact) mass is 483 g/mol. The summed E-state index contributed by atoms with van der Waals surface area (Å²) in [5, 5.41) is 36.4. The fourth-order valence-electron chi connectivity index (χ4n) is 4.73. The normalized spacial score (nSPS) is 30.1. The third kappa shape index (κ3) is 4.31. The highest BCUT2D eigenvalue weighted by Gasteiger charge is 2.51. The van der Waals surface area contributed by atoms with Gasteiger partial charge in [0.2, 0.25) is 0 Å². The van der Waals surface area contributed by atoms with Gasteiger partial charge in [0.1, 0.15) is 11.5 Å². The summed E-state index contributed by atoms with van der Waals surface area (Å²) < 4.78 is 16.5. The average molecular weight is 484 g/mol. The van der Waals surface area contributed by atoms with Crippen LogP contribution in [0.5, 0.6) is 11.5 Å². The van der Waals surface area contributed by atoms with Crippen LogP contribution in [-0.2, 0) is 19.9 Å². The number of ether oxygens (including phenoxy) is 3. The van der Waals surface area contributed by atoms with Crippen molar-refractivity contribution in [3.8, 4) is 11.5 Å². The maximum absolute atomic E-state index is 12.8. The Hall–Kier alpha value is -2.91. The molecule has 1 amide bonds. The largest absolute Gasteiger partial charge is 0.507 e. The van der Waals surface area contributed by atoms with E-state index < -0.39 is 29.5 Å². The number of amides is 1. The highest BCUT2D eigenvalue weighted by Crippen LogP contribution is 2.48. The molecule has 0 spiro atoms. The number of hydrogen-bond donors (Lipinski definition) is 4. The molecule has 188 valence electrons. The van der Waals surface area contributed by atoms with E-state index in [9.17, 15) is 20.1 Å². The highest BCUT2D eigenvalue weighted by atomic mass is 16.6. The predicted molar refractivity (Wildman–Crippen MR) is 131 cm³/mol. The van der Waals surface area contributed by atoms with Crippen LogP contribution >= 0.6 is 0 Å². The number of methoxy groups -OCH3 is 2. The number of aromatic hydroxyl groups is 1. The predicted octanol–water partition coefficient (Wildman–Crippen LogP) is 3.53. The zero-order valence-electron chi connectivity index (χ0n) is 20.7. The van der Waals surface area contributed by atoms with Crippen molar-refractivity contribution >= 4 is 17.7 Å². The number of benzene rings is 2. The number of anilines is 1. The zero-order valence-corrected chi connectivity index (χ0v) is 20.7. The van der Waals surface area contributed by atoms with Crippen LogP contribution in [0.2, 0.25) is 0 Å². The smallest absolute Gasteiger partial charge is 0.257 e. The van der Waals surface area contributed by atoms with Gasteiger partial charge in [-0.3, -0.25) is 4.79 Å². The lowest BCUT2D eigenvalue weighted by molar-refractivity contribution is -0.243. The number of fused-ring (bicyclic) bond motifs is 1. The van der Waals surface area contributed by atoms with E-state index in [1.807, 2.05) is 20.8 Å². The molecule has 4 rings (SSSR count). The highest BCUT2D eigenvalue weighted by molar-refractivity contribution is 6.00. The second-order valence-corrected chi connectivity index (χ2v) is 10.1. The average Bonchev–Trinajstić information content (AvgIpc) is 2.82. The fraction of sp³-hybridized carbons (Fsp3) is 0.444. The molecule has 0 radical (unpaired) electrons. The lowest BCUT2D eigenvalue weighted by Crippen LogP contribution is -2.52. The van der Waals surface area contributed by atoms with Crippen molar-refractivity contribution in [3.05, 3.63) is 59.2 Å². The topological polar surface area (TPSA) is 117 Å². The number of phenols is 1. The van der Waals surface area contributed by atoms with Crippen molar-refractivity contribution in [1.29, 1.82) is 0 Å². The standard InChI is InChI=1S/C27H33NO7/c1-25(2)14-15-26(3,35-24(25)31)13-12-16-6-11-19-20(21(16)29)27(32,22(34-5)23(30)28-19)17-7-9-18(33-4)10-8-17/h6-13,22,24,29,31-32H,14-15H2,1-5H3,(H,28,30)/b13-12+/t22-,24+,26?,27+/m0/s1. The van der Waals surface area contributed by atoms with E-state index in [1.54, 1.807) is 48.6 Å². The number of hydrogen-bond acceptors (Lipinski definition) is 7. The van der Waals surface area contributed by atoms with Gasteiger partial charge >= 0.3 is 0 Å². The molecule has 0 bridgehead atoms. The molecule has 35 heavy (non-hydrogen) atoms. The van der Waals surface area contributed by atoms with Crippen LogP contribution in [0, 0.1) is 5.41 Å². The van der Waals surface area contributed by atoms with E-state index in [-0.39, 0.29) is 22.4 Å². The maximum atomic E-state index is 12.8. The van der Waals surface area contributed by atoms with E-state index in [4.69, 9.17) is 14.2 Å². The van der Waals surface area contributed by atoms with Crippen molar-refractivity contribution in [1.82, 2.24) is 0 Å². The number of phenolic OH excluding ortho intramolecular Hbond substituents is 1. The molecule has 2 aromatic carbocycles. The molecule has 1 fully saturated rings. The van der Waals surface area contributed by atoms with Gasteiger partial charge in [0.15, 0.2) is 18.0 Å². The first kappa shape index (κ1) is 25.2. The molecule has 0 aromatic heterocycles. The maximum Gasteiger partial charge on any atom is 0.257 e. The summed E-state index contributed by atoms with van der Waals surface area (Å²) in [6, 6.07) is 9.89. The van der Waals surface area contributed by atoms with Crippen molar-refractivity contribution in [2.24, 2.45) is 5.41 Å². The molecule has 2 heterocycles. The quantitative estimate of drug-likeness (QED) is 0.514. The fourth-order valence-corrected chi connectivity index (χ4v) is 4.73. The number of aliphatic hydroxyl groups excluding tert-OH is 1. The van der Waals surface area contributed by atoms with E-state index in [1.165, 1.54) is 14.2 Å². The molecular weight excluding hydrogens is 450 g/mol. The van der Waals surface area contributed by atoms with Gasteiger partial charge in [0, 0.05) is 18.1 Å². The van der Waals surface area contributed by atoms with Crippen LogP contribution in [0.4, 0.5) is 5.69 Å². The molecule has 8 heteroatoms. The van der Waals surface area contributed by atoms with Crippen molar-refractivity contribution in [2.45, 2.75) is 57.2 Å². The summed E-state index contributed by atoms with van der Waals surface area (Å²) in [5.74, 6) is -0.140. The minimum absolute atomic E-state index is 0.132. The van der Waals surface area contributed by atoms with E-state index >= 15 is 0 Å². The van der Waals surface area contributed by atoms with Gasteiger partial charge < -0.3 is 34.8 Å². The molecular formula is C27H33NO7. The van der Waals surface area contributed by atoms with E-state index in [0.29, 0.717) is 23.3 Å². The molecule has 2 aliphatic heterocycles. The molecule has 1 saturated heterocycles. The van der Waals surface area contributed by atoms with Crippen LogP contribution in [0.1, 0.15) is 50.3 Å². The first-order valence-electron chi connectivity index (χ1n) is 11.6. The minimum atomic E-state index is -1.96. The first-order valence-corrected chi connectivity index (χ1v) is 11.6. The van der Waals surface area contributed by atoms with Gasteiger partial charge in [0.05, 0.1) is 24.0 Å². The Bertz CT molecular complexity index is 1140. The summed E-state index contributed by atoms with van der Waals surface area (Å²) in [5.41, 5.74) is -1.83. The zero-order chi connectivity index (χ0) is 25.6. The Labute approximate surface area is 205 Å². The number of carbonyl (C=O) groups is 1. The Morgan fingerprint density at radius 2 is 1.77 bits per heavy atom. The summed E-state index contributed by atoms with van der Waals surface area (Å²) in [4.78, 5) is 12.8. The molecule has 4 atom stereocenters. The van der Waals surface area contributed by atoms with Gasteiger partial charge in [0.25, 0.3) is 5.91 Å². The number of nitrogens with one attached hydrogen (secondary N) is 1. The van der Waals surface area contributed by atoms with Gasteiger partial charge in [-0.2, -0.15) is 0 Å². The first-order chi connectivity index (χ1) is 16.4. The van der Waals surface area contributed by atoms with Crippen LogP contribution < -0.4 is 10.1 Å². The third-order valence-corrected chi connectivity index (χ3v) is 7.16. The Kier molecular flexibility index (Phi) is 6.44. The Morgan fingerprint density at radius 3 is 2.37 bits per heavy atom. The number of carbonyl (C=O) groups excluding carboxylic acids is 1. The van der Waals surface area contributed by atoms with Crippen molar-refractivity contribution in [3.63, 3.8) is 0 Å². The molecule has 1 unspecified atom stereocenters. The second-order valence-electron chi connectivity index (χ2n) is 10.1. The molecule has 2 aromatic rings. The SMILES string of the molecule is COc1ccc([C@@]2(O)c3c(ccc(/C=C/C4(C)CCC(C)(C)[C@H](O)O4)c3O)NC(=O)[C@@H]2OC)cc1. The molecule has 0 aliphatic carbocycles. The molecule has 0 saturated carbocycles. The number of rotatable bonds is 5. The number of aliphatic hydroxyl groups is 2. The molecule has 4 N–H and O–H groups in total.